The molecule has 0 fully saturated rings. The average molecular weight is 256 g/mol. The van der Waals surface area contributed by atoms with Gasteiger partial charge in [-0.25, -0.2) is 0 Å². The zero-order valence-electron chi connectivity index (χ0n) is 9.99. The van der Waals surface area contributed by atoms with Gasteiger partial charge in [-0.1, -0.05) is 26.2 Å². The van der Waals surface area contributed by atoms with Gasteiger partial charge in [0.1, 0.15) is 5.97 Å². The second-order valence-corrected chi connectivity index (χ2v) is 6.72. The first kappa shape index (κ1) is 17.9. The summed E-state index contributed by atoms with van der Waals surface area (Å²) in [5, 5.41) is 8.78. The van der Waals surface area contributed by atoms with E-state index in [9.17, 15) is 13.2 Å². The van der Waals surface area contributed by atoms with Gasteiger partial charge in [0, 0.05) is 0 Å². The molecule has 0 N–H and O–H groups in total. The highest BCUT2D eigenvalue weighted by molar-refractivity contribution is 6.55. The van der Waals surface area contributed by atoms with Crippen molar-refractivity contribution in [3.63, 3.8) is 0 Å². The van der Waals surface area contributed by atoms with E-state index in [1.807, 2.05) is 0 Å². The molecule has 0 spiro atoms. The molecular formula is C10H19F3O2Si. The van der Waals surface area contributed by atoms with E-state index in [1.165, 1.54) is 31.7 Å². The van der Waals surface area contributed by atoms with Gasteiger partial charge >= 0.3 is 15.0 Å². The van der Waals surface area contributed by atoms with E-state index in [0.717, 1.165) is 0 Å². The Morgan fingerprint density at radius 2 is 1.62 bits per heavy atom. The topological polar surface area (TPSA) is 40.1 Å². The molecular weight excluding hydrogens is 237 g/mol. The second-order valence-electron chi connectivity index (χ2n) is 3.80. The Morgan fingerprint density at radius 3 is 1.88 bits per heavy atom. The number of aliphatic carboxylic acids is 1. The Kier molecular flexibility index (Phi) is 10.8. The number of carboxylic acid groups (broad SMARTS) is 1. The van der Waals surface area contributed by atoms with Gasteiger partial charge in [0.15, 0.2) is 0 Å². The molecule has 0 atom stereocenters. The molecule has 0 aromatic heterocycles. The maximum absolute atomic E-state index is 10.5. The predicted molar refractivity (Wildman–Crippen MR) is 57.5 cm³/mol. The summed E-state index contributed by atoms with van der Waals surface area (Å²) in [5.41, 5.74) is 0. The van der Waals surface area contributed by atoms with Crippen molar-refractivity contribution < 1.29 is 23.1 Å². The molecule has 0 heterocycles. The Hall–Kier alpha value is -0.523. The minimum Gasteiger partial charge on any atom is -0.542 e. The van der Waals surface area contributed by atoms with Crippen LogP contribution in [-0.2, 0) is 4.79 Å². The summed E-state index contributed by atoms with van der Waals surface area (Å²) in [6, 6.07) is 1.52. The highest BCUT2D eigenvalue weighted by atomic mass is 28.3. The number of hydrogen-bond donors (Lipinski definition) is 0. The smallest absolute Gasteiger partial charge is 0.430 e. The molecule has 0 aromatic rings. The van der Waals surface area contributed by atoms with E-state index in [-0.39, 0.29) is 8.80 Å². The van der Waals surface area contributed by atoms with Crippen LogP contribution in [0.4, 0.5) is 13.2 Å². The van der Waals surface area contributed by atoms with Gasteiger partial charge in [-0.3, -0.25) is 0 Å². The van der Waals surface area contributed by atoms with Crippen molar-refractivity contribution in [2.75, 3.05) is 0 Å². The van der Waals surface area contributed by atoms with Crippen LogP contribution in [0.5, 0.6) is 0 Å². The third kappa shape index (κ3) is 15.9. The normalized spacial score (nSPS) is 10.4. The third-order valence-corrected chi connectivity index (χ3v) is 3.12. The Morgan fingerprint density at radius 1 is 1.19 bits per heavy atom. The molecule has 0 aliphatic carbocycles. The van der Waals surface area contributed by atoms with Crippen molar-refractivity contribution >= 4 is 14.8 Å². The lowest BCUT2D eigenvalue weighted by molar-refractivity contribution is -0.344. The summed E-state index contributed by atoms with van der Waals surface area (Å²) in [4.78, 5) is 8.78. The van der Waals surface area contributed by atoms with Crippen molar-refractivity contribution in [2.24, 2.45) is 0 Å². The van der Waals surface area contributed by atoms with Crippen molar-refractivity contribution in [2.45, 2.75) is 57.9 Å². The quantitative estimate of drug-likeness (QED) is 0.560. The van der Waals surface area contributed by atoms with Crippen molar-refractivity contribution in [3.8, 4) is 0 Å². The highest BCUT2D eigenvalue weighted by Crippen LogP contribution is 2.11. The fraction of sp³-hybridized carbons (Fsp3) is 0.900. The van der Waals surface area contributed by atoms with Crippen molar-refractivity contribution in [3.05, 3.63) is 0 Å². The lowest BCUT2D eigenvalue weighted by Gasteiger charge is -2.03. The third-order valence-electron chi connectivity index (χ3n) is 1.76. The number of carboxylic acids is 1. The van der Waals surface area contributed by atoms with Crippen LogP contribution >= 0.6 is 0 Å². The number of unbranched alkanes of at least 4 members (excludes halogenated alkanes) is 3. The Bertz CT molecular complexity index is 181. The van der Waals surface area contributed by atoms with Crippen LogP contribution in [0, 0.1) is 0 Å². The molecule has 0 amide bonds. The molecule has 96 valence electrons. The van der Waals surface area contributed by atoms with Gasteiger partial charge in [0.05, 0.1) is 19.1 Å². The molecule has 6 heteroatoms. The van der Waals surface area contributed by atoms with Crippen LogP contribution in [0.25, 0.3) is 0 Å². The van der Waals surface area contributed by atoms with Crippen molar-refractivity contribution in [1.29, 1.82) is 0 Å². The fourth-order valence-electron chi connectivity index (χ4n) is 0.905. The number of halogens is 3. The van der Waals surface area contributed by atoms with Crippen LogP contribution in [-0.4, -0.2) is 20.9 Å². The number of rotatable bonds is 5. The standard InChI is InChI=1S/C8H19Si.C2HF3O2/c1-4-5-6-7-8-9(2)3;3-2(4,5)1(6)7/h4-8H2,1-3H3;(H,6,7)/q+1;/p-1. The van der Waals surface area contributed by atoms with E-state index in [2.05, 4.69) is 20.0 Å². The van der Waals surface area contributed by atoms with E-state index >= 15 is 0 Å². The summed E-state index contributed by atoms with van der Waals surface area (Å²) in [7, 11) is 0.0849. The summed E-state index contributed by atoms with van der Waals surface area (Å²) in [5.74, 6) is -3.01. The van der Waals surface area contributed by atoms with E-state index in [0.29, 0.717) is 0 Å². The van der Waals surface area contributed by atoms with E-state index in [1.54, 1.807) is 0 Å². The van der Waals surface area contributed by atoms with E-state index in [4.69, 9.17) is 9.90 Å². The van der Waals surface area contributed by atoms with Gasteiger partial charge in [0.25, 0.3) is 0 Å². The second kappa shape index (κ2) is 9.69. The monoisotopic (exact) mass is 256 g/mol. The molecule has 0 aromatic carbocycles. The van der Waals surface area contributed by atoms with Crippen LogP contribution in [0.2, 0.25) is 19.1 Å². The van der Waals surface area contributed by atoms with E-state index < -0.39 is 12.1 Å². The van der Waals surface area contributed by atoms with Gasteiger partial charge < -0.3 is 9.90 Å². The van der Waals surface area contributed by atoms with Gasteiger partial charge in [0.2, 0.25) is 0 Å². The first-order valence-electron chi connectivity index (χ1n) is 5.29. The molecule has 0 unspecified atom stereocenters. The van der Waals surface area contributed by atoms with Gasteiger partial charge in [-0.2, -0.15) is 13.2 Å². The van der Waals surface area contributed by atoms with Gasteiger partial charge in [-0.05, 0) is 6.42 Å². The predicted octanol–water partition coefficient (Wildman–Crippen LogP) is 2.62. The Balaban J connectivity index is 0. The van der Waals surface area contributed by atoms with Crippen LogP contribution in [0.1, 0.15) is 32.6 Å². The Labute approximate surface area is 96.5 Å². The maximum atomic E-state index is 10.5. The molecule has 0 bridgehead atoms. The maximum Gasteiger partial charge on any atom is 0.430 e. The molecule has 0 radical (unpaired) electrons. The number of carbonyl (C=O) groups is 1. The number of hydrogen-bond acceptors (Lipinski definition) is 2. The highest BCUT2D eigenvalue weighted by Gasteiger charge is 2.28. The average Bonchev–Trinajstić information content (AvgIpc) is 2.11. The zero-order valence-corrected chi connectivity index (χ0v) is 11.0. The summed E-state index contributed by atoms with van der Waals surface area (Å²) in [6.45, 7) is 7.07. The minimum absolute atomic E-state index is 0.0849. The minimum atomic E-state index is -5.19. The molecule has 0 saturated carbocycles. The molecule has 0 saturated heterocycles. The summed E-state index contributed by atoms with van der Waals surface area (Å²) < 4.78 is 31.5. The first-order chi connectivity index (χ1) is 7.21. The fourth-order valence-corrected chi connectivity index (χ4v) is 1.86. The van der Waals surface area contributed by atoms with Crippen LogP contribution in [0.3, 0.4) is 0 Å². The first-order valence-corrected chi connectivity index (χ1v) is 7.99. The molecule has 0 rings (SSSR count). The lowest BCUT2D eigenvalue weighted by Crippen LogP contribution is -2.37. The van der Waals surface area contributed by atoms with Crippen molar-refractivity contribution in [1.82, 2.24) is 0 Å². The lowest BCUT2D eigenvalue weighted by atomic mass is 10.2. The molecule has 0 aliphatic heterocycles. The largest absolute Gasteiger partial charge is 0.542 e. The summed E-state index contributed by atoms with van der Waals surface area (Å²) in [6.07, 6.45) is 0.562. The molecule has 16 heavy (non-hydrogen) atoms. The van der Waals surface area contributed by atoms with Crippen LogP contribution < -0.4 is 5.11 Å². The molecule has 0 aliphatic rings. The number of alkyl halides is 3. The number of carbonyl (C=O) groups excluding carboxylic acids is 1. The SMILES string of the molecule is CCCCCC[Si+](C)C.O=C([O-])C(F)(F)F. The summed E-state index contributed by atoms with van der Waals surface area (Å²) >= 11 is 0. The van der Waals surface area contributed by atoms with Gasteiger partial charge in [-0.15, -0.1) is 0 Å². The van der Waals surface area contributed by atoms with Crippen LogP contribution in [0.15, 0.2) is 0 Å². The molecule has 2 nitrogen and oxygen atoms in total. The zero-order chi connectivity index (χ0) is 13.2.